The molecule has 0 spiro atoms. The van der Waals surface area contributed by atoms with E-state index in [4.69, 9.17) is 16.3 Å². The van der Waals surface area contributed by atoms with Crippen molar-refractivity contribution in [1.29, 1.82) is 0 Å². The number of carbonyl (C=O) groups is 1. The number of carbonyl (C=O) groups excluding carboxylic acids is 1. The molecule has 0 N–H and O–H groups in total. The summed E-state index contributed by atoms with van der Waals surface area (Å²) in [5.41, 5.74) is 0.769. The van der Waals surface area contributed by atoms with Gasteiger partial charge in [0.05, 0.1) is 11.5 Å². The van der Waals surface area contributed by atoms with Crippen LogP contribution in [0.4, 0.5) is 5.69 Å². The maximum absolute atomic E-state index is 10.3. The molecule has 80 valence electrons. The number of hydrogen-bond acceptors (Lipinski definition) is 4. The molecule has 0 aliphatic rings. The van der Waals surface area contributed by atoms with Gasteiger partial charge in [-0.1, -0.05) is 0 Å². The molecule has 0 aliphatic heterocycles. The van der Waals surface area contributed by atoms with Crippen molar-refractivity contribution >= 4 is 22.5 Å². The molecule has 0 aliphatic carbocycles. The van der Waals surface area contributed by atoms with Gasteiger partial charge in [0, 0.05) is 12.1 Å². The lowest BCUT2D eigenvalue weighted by Gasteiger charge is -2.00. The Kier molecular flexibility index (Phi) is 4.20. The number of non-ortho nitro benzene ring substituents is 1. The fourth-order valence-corrected chi connectivity index (χ4v) is 1.04. The molecule has 0 radical (unpaired) electrons. The van der Waals surface area contributed by atoms with E-state index in [2.05, 4.69) is 0 Å². The van der Waals surface area contributed by atoms with Gasteiger partial charge in [-0.2, -0.15) is 0 Å². The van der Waals surface area contributed by atoms with Gasteiger partial charge >= 0.3 is 0 Å². The Labute approximate surface area is 90.8 Å². The molecule has 0 aromatic heterocycles. The second-order valence-electron chi connectivity index (χ2n) is 2.77. The predicted molar refractivity (Wildman–Crippen MR) is 53.6 cm³/mol. The van der Waals surface area contributed by atoms with E-state index in [1.165, 1.54) is 12.1 Å². The first-order chi connectivity index (χ1) is 7.09. The van der Waals surface area contributed by atoms with Crippen LogP contribution in [0.3, 0.4) is 0 Å². The van der Waals surface area contributed by atoms with Crippen molar-refractivity contribution in [1.82, 2.24) is 0 Å². The highest BCUT2D eigenvalue weighted by Crippen LogP contribution is 2.12. The molecule has 0 saturated carbocycles. The van der Waals surface area contributed by atoms with E-state index in [0.717, 1.165) is 5.56 Å². The van der Waals surface area contributed by atoms with Crippen LogP contribution in [0.2, 0.25) is 0 Å². The van der Waals surface area contributed by atoms with Gasteiger partial charge in [-0.15, -0.1) is 0 Å². The van der Waals surface area contributed by atoms with E-state index in [1.54, 1.807) is 12.1 Å². The Morgan fingerprint density at radius 3 is 2.47 bits per heavy atom. The maximum Gasteiger partial charge on any atom is 0.269 e. The first-order valence-corrected chi connectivity index (χ1v) is 4.47. The van der Waals surface area contributed by atoms with Crippen molar-refractivity contribution in [3.63, 3.8) is 0 Å². The lowest BCUT2D eigenvalue weighted by Crippen LogP contribution is -2.01. The van der Waals surface area contributed by atoms with E-state index in [-0.39, 0.29) is 18.9 Å². The predicted octanol–water partition coefficient (Wildman–Crippen LogP) is 1.88. The average molecular weight is 230 g/mol. The number of nitrogens with zero attached hydrogens (tertiary/aromatic N) is 1. The first kappa shape index (κ1) is 11.6. The van der Waals surface area contributed by atoms with Crippen molar-refractivity contribution in [2.45, 2.75) is 6.61 Å². The van der Waals surface area contributed by atoms with Crippen LogP contribution in [0.1, 0.15) is 5.56 Å². The minimum absolute atomic E-state index is 0.0205. The molecule has 0 atom stereocenters. The molecule has 1 aromatic carbocycles. The van der Waals surface area contributed by atoms with Crippen LogP contribution in [0.25, 0.3) is 0 Å². The van der Waals surface area contributed by atoms with Crippen molar-refractivity contribution in [2.75, 3.05) is 6.61 Å². The average Bonchev–Trinajstić information content (AvgIpc) is 2.18. The second kappa shape index (κ2) is 5.43. The molecule has 1 rings (SSSR count). The number of rotatable bonds is 5. The highest BCUT2D eigenvalue weighted by Gasteiger charge is 2.04. The van der Waals surface area contributed by atoms with Crippen LogP contribution in [0, 0.1) is 10.1 Å². The fourth-order valence-electron chi connectivity index (χ4n) is 0.963. The third-order valence-corrected chi connectivity index (χ3v) is 1.74. The molecule has 0 amide bonds. The SMILES string of the molecule is O=C(Cl)COCc1ccc([N+](=O)[O-])cc1. The summed E-state index contributed by atoms with van der Waals surface area (Å²) in [4.78, 5) is 20.2. The van der Waals surface area contributed by atoms with Gasteiger partial charge in [0.2, 0.25) is 5.24 Å². The molecule has 15 heavy (non-hydrogen) atoms. The van der Waals surface area contributed by atoms with Gasteiger partial charge in [0.25, 0.3) is 5.69 Å². The molecule has 0 heterocycles. The zero-order valence-corrected chi connectivity index (χ0v) is 8.44. The summed E-state index contributed by atoms with van der Waals surface area (Å²) in [6.07, 6.45) is 0. The number of hydrogen-bond donors (Lipinski definition) is 0. The largest absolute Gasteiger partial charge is 0.368 e. The number of benzene rings is 1. The second-order valence-corrected chi connectivity index (χ2v) is 3.19. The molecule has 1 aromatic rings. The first-order valence-electron chi connectivity index (χ1n) is 4.09. The summed E-state index contributed by atoms with van der Waals surface area (Å²) >= 11 is 5.06. The summed E-state index contributed by atoms with van der Waals surface area (Å²) in [6.45, 7) is 0.0367. The summed E-state index contributed by atoms with van der Waals surface area (Å²) in [6, 6.07) is 5.89. The zero-order chi connectivity index (χ0) is 11.3. The molecule has 6 heteroatoms. The third-order valence-electron chi connectivity index (χ3n) is 1.63. The smallest absolute Gasteiger partial charge is 0.269 e. The normalized spacial score (nSPS) is 9.93. The van der Waals surface area contributed by atoms with Crippen molar-refractivity contribution in [3.05, 3.63) is 39.9 Å². The molecular weight excluding hydrogens is 222 g/mol. The van der Waals surface area contributed by atoms with E-state index < -0.39 is 10.2 Å². The monoisotopic (exact) mass is 229 g/mol. The van der Waals surface area contributed by atoms with E-state index >= 15 is 0 Å². The zero-order valence-electron chi connectivity index (χ0n) is 7.68. The van der Waals surface area contributed by atoms with Crippen LogP contribution in [-0.2, 0) is 16.1 Å². The number of halogens is 1. The Bertz CT molecular complexity index is 363. The van der Waals surface area contributed by atoms with E-state index in [9.17, 15) is 14.9 Å². The van der Waals surface area contributed by atoms with Crippen molar-refractivity contribution in [2.24, 2.45) is 0 Å². The maximum atomic E-state index is 10.3. The number of nitro benzene ring substituents is 1. The number of ether oxygens (including phenoxy) is 1. The fraction of sp³-hybridized carbons (Fsp3) is 0.222. The molecule has 0 unspecified atom stereocenters. The summed E-state index contributed by atoms with van der Waals surface area (Å²) in [5, 5.41) is 9.76. The van der Waals surface area contributed by atoms with Gasteiger partial charge in [0.1, 0.15) is 6.61 Å². The highest BCUT2D eigenvalue weighted by molar-refractivity contribution is 6.63. The van der Waals surface area contributed by atoms with Gasteiger partial charge in [-0.3, -0.25) is 14.9 Å². The van der Waals surface area contributed by atoms with Gasteiger partial charge in [-0.25, -0.2) is 0 Å². The Balaban J connectivity index is 2.50. The molecule has 0 saturated heterocycles. The topological polar surface area (TPSA) is 69.4 Å². The Morgan fingerprint density at radius 2 is 2.00 bits per heavy atom. The van der Waals surface area contributed by atoms with Crippen molar-refractivity contribution in [3.8, 4) is 0 Å². The van der Waals surface area contributed by atoms with Crippen LogP contribution in [-0.4, -0.2) is 16.8 Å². The van der Waals surface area contributed by atoms with Crippen LogP contribution in [0.15, 0.2) is 24.3 Å². The van der Waals surface area contributed by atoms with Gasteiger partial charge in [0.15, 0.2) is 0 Å². The lowest BCUT2D eigenvalue weighted by atomic mass is 10.2. The van der Waals surface area contributed by atoms with Gasteiger partial charge in [-0.05, 0) is 29.3 Å². The molecular formula is C9H8ClNO4. The molecule has 5 nitrogen and oxygen atoms in total. The highest BCUT2D eigenvalue weighted by atomic mass is 35.5. The Hall–Kier alpha value is -1.46. The molecule has 0 fully saturated rings. The summed E-state index contributed by atoms with van der Waals surface area (Å²) < 4.78 is 4.93. The number of nitro groups is 1. The lowest BCUT2D eigenvalue weighted by molar-refractivity contribution is -0.384. The minimum Gasteiger partial charge on any atom is -0.368 e. The summed E-state index contributed by atoms with van der Waals surface area (Å²) in [7, 11) is 0. The van der Waals surface area contributed by atoms with E-state index in [1.807, 2.05) is 0 Å². The molecule has 0 bridgehead atoms. The van der Waals surface area contributed by atoms with Crippen LogP contribution < -0.4 is 0 Å². The van der Waals surface area contributed by atoms with Crippen LogP contribution >= 0.6 is 11.6 Å². The quantitative estimate of drug-likeness (QED) is 0.439. The minimum atomic E-state index is -0.572. The standard InChI is InChI=1S/C9H8ClNO4/c10-9(12)6-15-5-7-1-3-8(4-2-7)11(13)14/h1-4H,5-6H2. The summed E-state index contributed by atoms with van der Waals surface area (Å²) in [5.74, 6) is 0. The van der Waals surface area contributed by atoms with Gasteiger partial charge < -0.3 is 4.74 Å². The van der Waals surface area contributed by atoms with Crippen molar-refractivity contribution < 1.29 is 14.5 Å². The Morgan fingerprint density at radius 1 is 1.40 bits per heavy atom. The van der Waals surface area contributed by atoms with Crippen LogP contribution in [0.5, 0.6) is 0 Å². The third kappa shape index (κ3) is 4.05. The van der Waals surface area contributed by atoms with E-state index in [0.29, 0.717) is 0 Å².